The van der Waals surface area contributed by atoms with Crippen molar-refractivity contribution in [3.63, 3.8) is 0 Å². The Morgan fingerprint density at radius 2 is 2.13 bits per heavy atom. The maximum atomic E-state index is 11.9. The molecule has 8 nitrogen and oxygen atoms in total. The number of H-pyrrole nitrogens is 1. The van der Waals surface area contributed by atoms with E-state index in [-0.39, 0.29) is 11.3 Å². The maximum absolute atomic E-state index is 11.9. The molecule has 4 heterocycles. The number of fused-ring (bicyclic) bond motifs is 1. The van der Waals surface area contributed by atoms with E-state index in [4.69, 9.17) is 4.74 Å². The minimum atomic E-state index is 0.00431. The van der Waals surface area contributed by atoms with Crippen LogP contribution >= 0.6 is 0 Å². The zero-order chi connectivity index (χ0) is 20.9. The van der Waals surface area contributed by atoms with E-state index in [1.165, 1.54) is 6.08 Å². The van der Waals surface area contributed by atoms with E-state index in [0.717, 1.165) is 66.1 Å². The fourth-order valence-corrected chi connectivity index (χ4v) is 4.82. The molecule has 2 aliphatic heterocycles. The van der Waals surface area contributed by atoms with E-state index in [2.05, 4.69) is 44.6 Å². The van der Waals surface area contributed by atoms with Gasteiger partial charge in [-0.15, -0.1) is 0 Å². The van der Waals surface area contributed by atoms with Crippen LogP contribution in [-0.2, 0) is 4.79 Å². The molecule has 2 aliphatic rings. The molecule has 0 saturated carbocycles. The van der Waals surface area contributed by atoms with Gasteiger partial charge in [0, 0.05) is 42.5 Å². The molecule has 0 unspecified atom stereocenters. The molecule has 0 bridgehead atoms. The molecule has 1 spiro atoms. The number of carbonyl (C=O) groups is 1. The zero-order valence-corrected chi connectivity index (χ0v) is 17.2. The highest BCUT2D eigenvalue weighted by Crippen LogP contribution is 2.45. The largest absolute Gasteiger partial charge is 0.491 e. The molecule has 2 saturated heterocycles. The average molecular weight is 404 g/mol. The summed E-state index contributed by atoms with van der Waals surface area (Å²) in [7, 11) is 1.66. The Bertz CT molecular complexity index is 1150. The van der Waals surface area contributed by atoms with Gasteiger partial charge >= 0.3 is 0 Å². The molecule has 2 aromatic heterocycles. The van der Waals surface area contributed by atoms with E-state index < -0.39 is 0 Å². The van der Waals surface area contributed by atoms with Crippen molar-refractivity contribution in [1.29, 1.82) is 0 Å². The first-order chi connectivity index (χ1) is 14.5. The first-order valence-corrected chi connectivity index (χ1v) is 10.0. The Morgan fingerprint density at radius 1 is 1.30 bits per heavy atom. The summed E-state index contributed by atoms with van der Waals surface area (Å²) >= 11 is 0. The molecule has 0 radical (unpaired) electrons. The van der Waals surface area contributed by atoms with Crippen molar-refractivity contribution in [2.24, 2.45) is 5.41 Å². The normalized spacial score (nSPS) is 17.4. The number of likely N-dealkylation sites (tertiary alicyclic amines) is 1. The van der Waals surface area contributed by atoms with Crippen molar-refractivity contribution in [2.45, 2.75) is 13.3 Å². The Morgan fingerprint density at radius 3 is 2.90 bits per heavy atom. The van der Waals surface area contributed by atoms with Crippen molar-refractivity contribution in [3.8, 4) is 17.0 Å². The fraction of sp³-hybridized carbons (Fsp3) is 0.364. The van der Waals surface area contributed by atoms with Gasteiger partial charge in [0.15, 0.2) is 11.6 Å². The monoisotopic (exact) mass is 404 g/mol. The summed E-state index contributed by atoms with van der Waals surface area (Å²) in [6, 6.07) is 4.08. The van der Waals surface area contributed by atoms with Crippen LogP contribution in [0.5, 0.6) is 5.75 Å². The minimum Gasteiger partial charge on any atom is -0.491 e. The second-order valence-electron chi connectivity index (χ2n) is 8.24. The van der Waals surface area contributed by atoms with Crippen LogP contribution in [0.15, 0.2) is 37.3 Å². The van der Waals surface area contributed by atoms with Gasteiger partial charge in [0.2, 0.25) is 5.91 Å². The van der Waals surface area contributed by atoms with E-state index in [0.29, 0.717) is 5.75 Å². The summed E-state index contributed by atoms with van der Waals surface area (Å²) in [4.78, 5) is 25.1. The van der Waals surface area contributed by atoms with Crippen LogP contribution in [0.1, 0.15) is 12.0 Å². The Hall–Kier alpha value is -3.42. The first-order valence-electron chi connectivity index (χ1n) is 10.0. The third-order valence-electron chi connectivity index (χ3n) is 6.34. The molecule has 1 amide bonds. The van der Waals surface area contributed by atoms with E-state index in [9.17, 15) is 4.79 Å². The number of aromatic nitrogens is 4. The van der Waals surface area contributed by atoms with E-state index in [1.807, 2.05) is 17.2 Å². The molecule has 0 atom stereocenters. The van der Waals surface area contributed by atoms with Gasteiger partial charge < -0.3 is 14.5 Å². The summed E-state index contributed by atoms with van der Waals surface area (Å²) in [5.74, 6) is 1.47. The Kier molecular flexibility index (Phi) is 4.23. The van der Waals surface area contributed by atoms with Crippen LogP contribution in [0.2, 0.25) is 0 Å². The van der Waals surface area contributed by atoms with E-state index in [1.54, 1.807) is 13.4 Å². The highest BCUT2D eigenvalue weighted by atomic mass is 16.5. The summed E-state index contributed by atoms with van der Waals surface area (Å²) in [6.45, 7) is 8.90. The van der Waals surface area contributed by atoms with Crippen LogP contribution in [0.25, 0.3) is 22.2 Å². The van der Waals surface area contributed by atoms with Crippen molar-refractivity contribution < 1.29 is 9.53 Å². The summed E-state index contributed by atoms with van der Waals surface area (Å²) in [6.07, 6.45) is 5.83. The van der Waals surface area contributed by atoms with Crippen molar-refractivity contribution in [1.82, 2.24) is 25.1 Å². The van der Waals surface area contributed by atoms with Gasteiger partial charge in [0.1, 0.15) is 12.0 Å². The van der Waals surface area contributed by atoms with Gasteiger partial charge in [-0.2, -0.15) is 5.10 Å². The number of aromatic amines is 1. The summed E-state index contributed by atoms with van der Waals surface area (Å²) in [5.41, 5.74) is 3.95. The lowest BCUT2D eigenvalue weighted by Gasteiger charge is -2.47. The SMILES string of the molecule is C=CC(=O)N1CC2(CCN(c3ncnc(-c4c(C)ccc5[nH]ncc45)c3OC)C2)C1. The standard InChI is InChI=1S/C22H24N6O2/c1-4-17(29)28-11-22(12-28)7-8-27(10-22)21-20(30-3)19(23-13-24-21)18-14(2)5-6-16-15(18)9-25-26-16/h4-6,9,13H,1,7-8,10-12H2,2-3H3,(H,25,26). The topological polar surface area (TPSA) is 87.2 Å². The highest BCUT2D eigenvalue weighted by molar-refractivity contribution is 5.97. The lowest BCUT2D eigenvalue weighted by atomic mass is 9.79. The number of benzene rings is 1. The molecule has 8 heteroatoms. The number of aryl methyl sites for hydroxylation is 1. The summed E-state index contributed by atoms with van der Waals surface area (Å²) < 4.78 is 5.85. The third-order valence-corrected chi connectivity index (χ3v) is 6.34. The van der Waals surface area contributed by atoms with Gasteiger partial charge in [-0.1, -0.05) is 12.6 Å². The van der Waals surface area contributed by atoms with Crippen LogP contribution in [0, 0.1) is 12.3 Å². The number of hydrogen-bond donors (Lipinski definition) is 1. The third kappa shape index (κ3) is 2.74. The van der Waals surface area contributed by atoms with Crippen LogP contribution in [-0.4, -0.2) is 64.3 Å². The molecule has 2 fully saturated rings. The number of nitrogens with zero attached hydrogens (tertiary/aromatic N) is 5. The molecule has 3 aromatic rings. The molecule has 1 N–H and O–H groups in total. The van der Waals surface area contributed by atoms with Crippen LogP contribution < -0.4 is 9.64 Å². The Balaban J connectivity index is 1.50. The number of nitrogens with one attached hydrogen (secondary N) is 1. The zero-order valence-electron chi connectivity index (χ0n) is 17.2. The second kappa shape index (κ2) is 6.83. The number of rotatable bonds is 4. The maximum Gasteiger partial charge on any atom is 0.245 e. The van der Waals surface area contributed by atoms with E-state index >= 15 is 0 Å². The first kappa shape index (κ1) is 18.6. The van der Waals surface area contributed by atoms with Gasteiger partial charge in [0.25, 0.3) is 0 Å². The smallest absolute Gasteiger partial charge is 0.245 e. The highest BCUT2D eigenvalue weighted by Gasteiger charge is 2.49. The molecular weight excluding hydrogens is 380 g/mol. The molecule has 0 aliphatic carbocycles. The predicted molar refractivity (Wildman–Crippen MR) is 114 cm³/mol. The fourth-order valence-electron chi connectivity index (χ4n) is 4.82. The molecule has 5 rings (SSSR count). The van der Waals surface area contributed by atoms with Gasteiger partial charge in [0.05, 0.1) is 18.8 Å². The summed E-state index contributed by atoms with van der Waals surface area (Å²) in [5, 5.41) is 8.22. The number of hydrogen-bond acceptors (Lipinski definition) is 6. The lowest BCUT2D eigenvalue weighted by Crippen LogP contribution is -2.59. The molecule has 30 heavy (non-hydrogen) atoms. The minimum absolute atomic E-state index is 0.00431. The second-order valence-corrected chi connectivity index (χ2v) is 8.24. The quantitative estimate of drug-likeness (QED) is 0.673. The van der Waals surface area contributed by atoms with Gasteiger partial charge in [-0.3, -0.25) is 9.89 Å². The van der Waals surface area contributed by atoms with Crippen LogP contribution in [0.3, 0.4) is 0 Å². The van der Waals surface area contributed by atoms with Crippen LogP contribution in [0.4, 0.5) is 5.82 Å². The van der Waals surface area contributed by atoms with Gasteiger partial charge in [-0.05, 0) is 31.1 Å². The van der Waals surface area contributed by atoms with Crippen molar-refractivity contribution in [3.05, 3.63) is 42.9 Å². The lowest BCUT2D eigenvalue weighted by molar-refractivity contribution is -0.136. The molecular formula is C22H24N6O2. The molecule has 154 valence electrons. The number of methoxy groups -OCH3 is 1. The number of amides is 1. The number of carbonyl (C=O) groups excluding carboxylic acids is 1. The van der Waals surface area contributed by atoms with Crippen molar-refractivity contribution in [2.75, 3.05) is 38.2 Å². The van der Waals surface area contributed by atoms with Gasteiger partial charge in [-0.25, -0.2) is 9.97 Å². The average Bonchev–Trinajstić information content (AvgIpc) is 3.39. The number of anilines is 1. The predicted octanol–water partition coefficient (Wildman–Crippen LogP) is 2.56. The number of ether oxygens (including phenoxy) is 1. The molecule has 1 aromatic carbocycles. The van der Waals surface area contributed by atoms with Crippen molar-refractivity contribution >= 4 is 22.6 Å². The Labute approximate surface area is 174 Å².